The van der Waals surface area contributed by atoms with Crippen molar-refractivity contribution in [2.75, 3.05) is 0 Å². The number of aromatic hydroxyl groups is 1. The van der Waals surface area contributed by atoms with E-state index in [4.69, 9.17) is 0 Å². The van der Waals surface area contributed by atoms with Crippen LogP contribution >= 0.6 is 0 Å². The maximum Gasteiger partial charge on any atom is 0.121 e. The number of benzene rings is 1. The van der Waals surface area contributed by atoms with E-state index in [1.807, 2.05) is 20.8 Å². The van der Waals surface area contributed by atoms with E-state index in [1.54, 1.807) is 0 Å². The van der Waals surface area contributed by atoms with Crippen LogP contribution in [0.1, 0.15) is 43.0 Å². The Bertz CT molecular complexity index is 356. The average molecular weight is 192 g/mol. The summed E-state index contributed by atoms with van der Waals surface area (Å²) in [6.45, 7) is 12.5. The highest BCUT2D eigenvalue weighted by atomic mass is 16.3. The maximum atomic E-state index is 9.93. The molecule has 0 fully saturated rings. The van der Waals surface area contributed by atoms with Gasteiger partial charge in [0.05, 0.1) is 0 Å². The lowest BCUT2D eigenvalue weighted by molar-refractivity contribution is 0.460. The molecule has 0 saturated heterocycles. The Morgan fingerprint density at radius 2 is 1.50 bits per heavy atom. The summed E-state index contributed by atoms with van der Waals surface area (Å²) in [7, 11) is 0. The van der Waals surface area contributed by atoms with E-state index < -0.39 is 0 Å². The molecule has 0 aliphatic heterocycles. The Balaban J connectivity index is 3.49. The van der Waals surface area contributed by atoms with Gasteiger partial charge in [0.1, 0.15) is 5.75 Å². The van der Waals surface area contributed by atoms with Crippen LogP contribution in [0.2, 0.25) is 0 Å². The van der Waals surface area contributed by atoms with Gasteiger partial charge in [-0.15, -0.1) is 0 Å². The van der Waals surface area contributed by atoms with E-state index in [0.29, 0.717) is 5.75 Å². The quantitative estimate of drug-likeness (QED) is 0.665. The van der Waals surface area contributed by atoms with Crippen molar-refractivity contribution in [3.05, 3.63) is 28.3 Å². The molecule has 14 heavy (non-hydrogen) atoms. The minimum absolute atomic E-state index is 0.0972. The molecule has 0 spiro atoms. The summed E-state index contributed by atoms with van der Waals surface area (Å²) in [5.41, 5.74) is 4.51. The van der Waals surface area contributed by atoms with Crippen LogP contribution in [0.15, 0.2) is 6.07 Å². The first kappa shape index (κ1) is 11.1. The van der Waals surface area contributed by atoms with Crippen molar-refractivity contribution in [1.29, 1.82) is 0 Å². The maximum absolute atomic E-state index is 9.93. The van der Waals surface area contributed by atoms with Crippen LogP contribution in [0.3, 0.4) is 0 Å². The van der Waals surface area contributed by atoms with Crippen LogP contribution in [-0.4, -0.2) is 5.11 Å². The fourth-order valence-corrected chi connectivity index (χ4v) is 1.81. The summed E-state index contributed by atoms with van der Waals surface area (Å²) >= 11 is 0. The van der Waals surface area contributed by atoms with Crippen LogP contribution in [0, 0.1) is 20.8 Å². The highest BCUT2D eigenvalue weighted by molar-refractivity contribution is 5.50. The van der Waals surface area contributed by atoms with E-state index in [1.165, 1.54) is 5.56 Å². The Morgan fingerprint density at radius 1 is 1.00 bits per heavy atom. The third-order valence-electron chi connectivity index (χ3n) is 2.87. The predicted octanol–water partition coefficient (Wildman–Crippen LogP) is 3.61. The molecule has 1 nitrogen and oxygen atoms in total. The molecule has 0 bridgehead atoms. The first-order valence-electron chi connectivity index (χ1n) is 5.05. The molecule has 0 aliphatic rings. The Morgan fingerprint density at radius 3 is 1.93 bits per heavy atom. The molecule has 0 radical (unpaired) electrons. The topological polar surface area (TPSA) is 20.2 Å². The van der Waals surface area contributed by atoms with E-state index in [2.05, 4.69) is 26.8 Å². The molecule has 1 N–H and O–H groups in total. The van der Waals surface area contributed by atoms with Crippen LogP contribution < -0.4 is 0 Å². The zero-order chi connectivity index (χ0) is 11.1. The smallest absolute Gasteiger partial charge is 0.121 e. The van der Waals surface area contributed by atoms with Gasteiger partial charge in [-0.1, -0.05) is 26.8 Å². The molecule has 1 heteroatoms. The van der Waals surface area contributed by atoms with Crippen molar-refractivity contribution in [3.63, 3.8) is 0 Å². The van der Waals surface area contributed by atoms with Crippen LogP contribution in [0.5, 0.6) is 5.75 Å². The molecule has 1 rings (SSSR count). The van der Waals surface area contributed by atoms with Gasteiger partial charge >= 0.3 is 0 Å². The number of phenolic OH excluding ortho intramolecular Hbond substituents is 1. The van der Waals surface area contributed by atoms with Crippen molar-refractivity contribution in [3.8, 4) is 5.75 Å². The summed E-state index contributed by atoms with van der Waals surface area (Å²) < 4.78 is 0. The molecule has 0 amide bonds. The lowest BCUT2D eigenvalue weighted by atomic mass is 9.82. The van der Waals surface area contributed by atoms with Crippen molar-refractivity contribution < 1.29 is 5.11 Å². The summed E-state index contributed by atoms with van der Waals surface area (Å²) in [6, 6.07) is 2.18. The molecular formula is C13H20O. The molecular weight excluding hydrogens is 172 g/mol. The van der Waals surface area contributed by atoms with Gasteiger partial charge < -0.3 is 5.11 Å². The Labute approximate surface area is 86.8 Å². The number of hydrogen-bond acceptors (Lipinski definition) is 1. The van der Waals surface area contributed by atoms with E-state index in [9.17, 15) is 5.11 Å². The van der Waals surface area contributed by atoms with Crippen molar-refractivity contribution in [2.45, 2.75) is 47.0 Å². The zero-order valence-corrected chi connectivity index (χ0v) is 10.0. The molecule has 78 valence electrons. The summed E-state index contributed by atoms with van der Waals surface area (Å²) in [4.78, 5) is 0. The lowest BCUT2D eigenvalue weighted by Crippen LogP contribution is -2.13. The number of phenols is 1. The van der Waals surface area contributed by atoms with Gasteiger partial charge in [0.15, 0.2) is 0 Å². The van der Waals surface area contributed by atoms with Gasteiger partial charge in [-0.2, -0.15) is 0 Å². The van der Waals surface area contributed by atoms with E-state index >= 15 is 0 Å². The molecule has 0 unspecified atom stereocenters. The minimum atomic E-state index is 0.0972. The van der Waals surface area contributed by atoms with Gasteiger partial charge in [0, 0.05) is 0 Å². The van der Waals surface area contributed by atoms with Gasteiger partial charge in [-0.25, -0.2) is 0 Å². The zero-order valence-electron chi connectivity index (χ0n) is 10.0. The molecule has 0 atom stereocenters. The minimum Gasteiger partial charge on any atom is -0.507 e. The number of rotatable bonds is 0. The normalized spacial score (nSPS) is 11.9. The Hall–Kier alpha value is -0.980. The fraction of sp³-hybridized carbons (Fsp3) is 0.538. The van der Waals surface area contributed by atoms with Gasteiger partial charge in [-0.3, -0.25) is 0 Å². The summed E-state index contributed by atoms with van der Waals surface area (Å²) in [5, 5.41) is 9.93. The van der Waals surface area contributed by atoms with E-state index in [0.717, 1.165) is 16.7 Å². The second-order valence-corrected chi connectivity index (χ2v) is 5.09. The van der Waals surface area contributed by atoms with Gasteiger partial charge in [0.25, 0.3) is 0 Å². The first-order valence-corrected chi connectivity index (χ1v) is 5.05. The highest BCUT2D eigenvalue weighted by Crippen LogP contribution is 2.34. The summed E-state index contributed by atoms with van der Waals surface area (Å²) in [6.07, 6.45) is 0. The third kappa shape index (κ3) is 1.77. The first-order chi connectivity index (χ1) is 6.25. The largest absolute Gasteiger partial charge is 0.507 e. The molecule has 0 saturated carbocycles. The highest BCUT2D eigenvalue weighted by Gasteiger charge is 2.19. The standard InChI is InChI=1S/C13H20O/c1-8-7-11(13(4,5)6)10(3)12(14)9(8)2/h7,14H,1-6H3. The van der Waals surface area contributed by atoms with Gasteiger partial charge in [0.2, 0.25) is 0 Å². The summed E-state index contributed by atoms with van der Waals surface area (Å²) in [5.74, 6) is 0.454. The molecule has 0 aliphatic carbocycles. The lowest BCUT2D eigenvalue weighted by Gasteiger charge is -2.24. The monoisotopic (exact) mass is 192 g/mol. The van der Waals surface area contributed by atoms with Crippen molar-refractivity contribution in [2.24, 2.45) is 0 Å². The van der Waals surface area contributed by atoms with Crippen LogP contribution in [0.25, 0.3) is 0 Å². The predicted molar refractivity (Wildman–Crippen MR) is 61.0 cm³/mol. The number of hydrogen-bond donors (Lipinski definition) is 1. The van der Waals surface area contributed by atoms with Crippen LogP contribution in [-0.2, 0) is 5.41 Å². The molecule has 0 aromatic heterocycles. The second kappa shape index (κ2) is 3.30. The average Bonchev–Trinajstić information content (AvgIpc) is 2.06. The second-order valence-electron chi connectivity index (χ2n) is 5.09. The SMILES string of the molecule is Cc1cc(C(C)(C)C)c(C)c(O)c1C. The van der Waals surface area contributed by atoms with Crippen molar-refractivity contribution in [1.82, 2.24) is 0 Å². The van der Waals surface area contributed by atoms with Gasteiger partial charge in [-0.05, 0) is 48.4 Å². The molecule has 1 aromatic rings. The fourth-order valence-electron chi connectivity index (χ4n) is 1.81. The molecule has 0 heterocycles. The third-order valence-corrected chi connectivity index (χ3v) is 2.87. The van der Waals surface area contributed by atoms with E-state index in [-0.39, 0.29) is 5.41 Å². The number of aryl methyl sites for hydroxylation is 1. The molecule has 1 aromatic carbocycles. The van der Waals surface area contributed by atoms with Crippen LogP contribution in [0.4, 0.5) is 0 Å². The Kier molecular flexibility index (Phi) is 2.62. The van der Waals surface area contributed by atoms with Crippen molar-refractivity contribution >= 4 is 0 Å².